The average Bonchev–Trinajstić information content (AvgIpc) is 2.51. The molecule has 0 heterocycles. The van der Waals surface area contributed by atoms with Crippen molar-refractivity contribution in [1.82, 2.24) is 4.90 Å². The van der Waals surface area contributed by atoms with Crippen molar-refractivity contribution in [2.75, 3.05) is 25.0 Å². The SMILES string of the molecule is CCCCCN(CCO)C(=O)C(=O)Nc1cc(F)c(F)cc1F. The Morgan fingerprint density at radius 2 is 1.74 bits per heavy atom. The predicted molar refractivity (Wildman–Crippen MR) is 78.1 cm³/mol. The lowest BCUT2D eigenvalue weighted by atomic mass is 10.2. The van der Waals surface area contributed by atoms with Gasteiger partial charge in [-0.1, -0.05) is 19.8 Å². The van der Waals surface area contributed by atoms with Gasteiger partial charge in [-0.2, -0.15) is 0 Å². The van der Waals surface area contributed by atoms with Crippen LogP contribution in [0.25, 0.3) is 0 Å². The van der Waals surface area contributed by atoms with E-state index in [-0.39, 0.29) is 25.8 Å². The number of amides is 2. The lowest BCUT2D eigenvalue weighted by Crippen LogP contribution is -2.42. The second kappa shape index (κ2) is 9.14. The molecule has 0 aliphatic rings. The lowest BCUT2D eigenvalue weighted by Gasteiger charge is -2.21. The summed E-state index contributed by atoms with van der Waals surface area (Å²) in [5.74, 6) is -6.08. The van der Waals surface area contributed by atoms with Gasteiger partial charge in [0.1, 0.15) is 5.82 Å². The minimum absolute atomic E-state index is 0.0454. The van der Waals surface area contributed by atoms with Crippen molar-refractivity contribution < 1.29 is 27.9 Å². The van der Waals surface area contributed by atoms with Crippen molar-refractivity contribution in [3.8, 4) is 0 Å². The molecule has 0 saturated carbocycles. The van der Waals surface area contributed by atoms with Crippen LogP contribution in [0.3, 0.4) is 0 Å². The molecule has 0 atom stereocenters. The number of unbranched alkanes of at least 4 members (excludes halogenated alkanes) is 2. The fourth-order valence-corrected chi connectivity index (χ4v) is 1.93. The van der Waals surface area contributed by atoms with Crippen LogP contribution in [0, 0.1) is 17.5 Å². The molecule has 2 amide bonds. The first-order chi connectivity index (χ1) is 10.9. The summed E-state index contributed by atoms with van der Waals surface area (Å²) >= 11 is 0. The molecule has 128 valence electrons. The average molecular weight is 332 g/mol. The summed E-state index contributed by atoms with van der Waals surface area (Å²) in [6.07, 6.45) is 2.40. The number of anilines is 1. The molecule has 2 N–H and O–H groups in total. The van der Waals surface area contributed by atoms with Crippen LogP contribution in [0.5, 0.6) is 0 Å². The summed E-state index contributed by atoms with van der Waals surface area (Å²) in [6, 6.07) is 0.742. The van der Waals surface area contributed by atoms with Gasteiger partial charge in [-0.25, -0.2) is 13.2 Å². The highest BCUT2D eigenvalue weighted by molar-refractivity contribution is 6.39. The van der Waals surface area contributed by atoms with Crippen molar-refractivity contribution in [3.05, 3.63) is 29.6 Å². The molecular weight excluding hydrogens is 313 g/mol. The topological polar surface area (TPSA) is 69.6 Å². The number of benzene rings is 1. The molecule has 1 aromatic carbocycles. The Balaban J connectivity index is 2.77. The summed E-state index contributed by atoms with van der Waals surface area (Å²) in [5, 5.41) is 10.9. The zero-order valence-corrected chi connectivity index (χ0v) is 12.7. The molecule has 0 aromatic heterocycles. The number of carbonyl (C=O) groups is 2. The molecule has 0 unspecified atom stereocenters. The van der Waals surface area contributed by atoms with Crippen molar-refractivity contribution in [3.63, 3.8) is 0 Å². The van der Waals surface area contributed by atoms with E-state index in [2.05, 4.69) is 0 Å². The zero-order valence-electron chi connectivity index (χ0n) is 12.7. The predicted octanol–water partition coefficient (Wildman–Crippen LogP) is 2.05. The summed E-state index contributed by atoms with van der Waals surface area (Å²) in [4.78, 5) is 25.0. The normalized spacial score (nSPS) is 10.5. The second-order valence-corrected chi connectivity index (χ2v) is 4.92. The van der Waals surface area contributed by atoms with Gasteiger partial charge in [-0.15, -0.1) is 0 Å². The zero-order chi connectivity index (χ0) is 17.4. The Morgan fingerprint density at radius 3 is 2.35 bits per heavy atom. The molecule has 0 spiro atoms. The molecule has 1 aromatic rings. The Bertz CT molecular complexity index is 567. The van der Waals surface area contributed by atoms with E-state index < -0.39 is 35.0 Å². The highest BCUT2D eigenvalue weighted by Crippen LogP contribution is 2.18. The van der Waals surface area contributed by atoms with Gasteiger partial charge in [0.05, 0.1) is 12.3 Å². The minimum atomic E-state index is -1.40. The second-order valence-electron chi connectivity index (χ2n) is 4.92. The quantitative estimate of drug-likeness (QED) is 0.456. The van der Waals surface area contributed by atoms with Gasteiger partial charge >= 0.3 is 11.8 Å². The molecule has 0 fully saturated rings. The van der Waals surface area contributed by atoms with Gasteiger partial charge in [0, 0.05) is 25.2 Å². The standard InChI is InChI=1S/C15H19F3N2O3/c1-2-3-4-5-20(6-7-21)15(23)14(22)19-13-9-11(17)10(16)8-12(13)18/h8-9,21H,2-7H2,1H3,(H,19,22). The maximum Gasteiger partial charge on any atom is 0.313 e. The van der Waals surface area contributed by atoms with Gasteiger partial charge in [0.25, 0.3) is 0 Å². The van der Waals surface area contributed by atoms with E-state index in [4.69, 9.17) is 5.11 Å². The summed E-state index contributed by atoms with van der Waals surface area (Å²) in [7, 11) is 0. The number of hydrogen-bond donors (Lipinski definition) is 2. The summed E-state index contributed by atoms with van der Waals surface area (Å²) < 4.78 is 39.4. The summed E-state index contributed by atoms with van der Waals surface area (Å²) in [6.45, 7) is 1.86. The summed E-state index contributed by atoms with van der Waals surface area (Å²) in [5.41, 5.74) is -0.625. The Labute approximate surface area is 132 Å². The van der Waals surface area contributed by atoms with E-state index in [0.717, 1.165) is 17.7 Å². The largest absolute Gasteiger partial charge is 0.395 e. The maximum atomic E-state index is 13.5. The molecule has 0 bridgehead atoms. The molecule has 0 aliphatic carbocycles. The first-order valence-electron chi connectivity index (χ1n) is 7.26. The van der Waals surface area contributed by atoms with Gasteiger partial charge in [-0.3, -0.25) is 9.59 Å². The van der Waals surface area contributed by atoms with Crippen LogP contribution in [-0.2, 0) is 9.59 Å². The third kappa shape index (κ3) is 5.55. The minimum Gasteiger partial charge on any atom is -0.395 e. The molecule has 23 heavy (non-hydrogen) atoms. The number of hydrogen-bond acceptors (Lipinski definition) is 3. The monoisotopic (exact) mass is 332 g/mol. The van der Waals surface area contributed by atoms with Crippen LogP contribution in [0.1, 0.15) is 26.2 Å². The van der Waals surface area contributed by atoms with Crippen LogP contribution >= 0.6 is 0 Å². The van der Waals surface area contributed by atoms with Crippen LogP contribution in [0.2, 0.25) is 0 Å². The smallest absolute Gasteiger partial charge is 0.313 e. The first kappa shape index (κ1) is 19.0. The third-order valence-electron chi connectivity index (χ3n) is 3.14. The Morgan fingerprint density at radius 1 is 1.09 bits per heavy atom. The molecule has 0 aliphatic heterocycles. The fourth-order valence-electron chi connectivity index (χ4n) is 1.93. The number of carbonyl (C=O) groups excluding carboxylic acids is 2. The van der Waals surface area contributed by atoms with Crippen molar-refractivity contribution in [2.24, 2.45) is 0 Å². The third-order valence-corrected chi connectivity index (χ3v) is 3.14. The van der Waals surface area contributed by atoms with E-state index in [9.17, 15) is 22.8 Å². The van der Waals surface area contributed by atoms with E-state index >= 15 is 0 Å². The molecular formula is C15H19F3N2O3. The number of rotatable bonds is 7. The molecule has 1 rings (SSSR count). The van der Waals surface area contributed by atoms with Crippen LogP contribution in [-0.4, -0.2) is 41.5 Å². The Kier molecular flexibility index (Phi) is 7.53. The van der Waals surface area contributed by atoms with Crippen LogP contribution < -0.4 is 5.32 Å². The van der Waals surface area contributed by atoms with Crippen molar-refractivity contribution in [1.29, 1.82) is 0 Å². The van der Waals surface area contributed by atoms with Crippen LogP contribution in [0.4, 0.5) is 18.9 Å². The van der Waals surface area contributed by atoms with E-state index in [1.807, 2.05) is 12.2 Å². The van der Waals surface area contributed by atoms with Crippen LogP contribution in [0.15, 0.2) is 12.1 Å². The van der Waals surface area contributed by atoms with E-state index in [1.54, 1.807) is 0 Å². The molecule has 0 radical (unpaired) electrons. The van der Waals surface area contributed by atoms with Gasteiger partial charge in [0.2, 0.25) is 0 Å². The van der Waals surface area contributed by atoms with Gasteiger partial charge in [-0.05, 0) is 6.42 Å². The van der Waals surface area contributed by atoms with Gasteiger partial charge in [0.15, 0.2) is 11.6 Å². The number of aliphatic hydroxyl groups excluding tert-OH is 1. The van der Waals surface area contributed by atoms with Crippen molar-refractivity contribution in [2.45, 2.75) is 26.2 Å². The molecule has 0 saturated heterocycles. The Hall–Kier alpha value is -2.09. The number of halogens is 3. The van der Waals surface area contributed by atoms with Gasteiger partial charge < -0.3 is 15.3 Å². The first-order valence-corrected chi connectivity index (χ1v) is 7.26. The molecule has 5 nitrogen and oxygen atoms in total. The lowest BCUT2D eigenvalue weighted by molar-refractivity contribution is -0.143. The fraction of sp³-hybridized carbons (Fsp3) is 0.467. The number of nitrogens with one attached hydrogen (secondary N) is 1. The highest BCUT2D eigenvalue weighted by Gasteiger charge is 2.23. The highest BCUT2D eigenvalue weighted by atomic mass is 19.2. The number of nitrogens with zero attached hydrogens (tertiary/aromatic N) is 1. The maximum absolute atomic E-state index is 13.5. The number of aliphatic hydroxyl groups is 1. The molecule has 8 heteroatoms. The van der Waals surface area contributed by atoms with E-state index in [1.165, 1.54) is 0 Å². The van der Waals surface area contributed by atoms with Crippen molar-refractivity contribution >= 4 is 17.5 Å². The van der Waals surface area contributed by atoms with E-state index in [0.29, 0.717) is 12.5 Å².